The van der Waals surface area contributed by atoms with Crippen LogP contribution in [0.3, 0.4) is 0 Å². The van der Waals surface area contributed by atoms with Crippen LogP contribution in [-0.4, -0.2) is 34.7 Å². The molecule has 8 heteroatoms. The highest BCUT2D eigenvalue weighted by Crippen LogP contribution is 2.27. The number of para-hydroxylation sites is 1. The molecule has 0 saturated heterocycles. The van der Waals surface area contributed by atoms with Crippen molar-refractivity contribution in [2.24, 2.45) is 0 Å². The maximum absolute atomic E-state index is 13.4. The van der Waals surface area contributed by atoms with Crippen LogP contribution in [0, 0.1) is 0 Å². The topological polar surface area (TPSA) is 94.3 Å². The molecular weight excluding hydrogens is 438 g/mol. The quantitative estimate of drug-likeness (QED) is 0.320. The summed E-state index contributed by atoms with van der Waals surface area (Å²) in [5, 5.41) is 14.2. The van der Waals surface area contributed by atoms with Crippen molar-refractivity contribution in [3.8, 4) is 28.3 Å². The fraction of sp³-hybridized carbons (Fsp3) is 0.222. The second-order valence-corrected chi connectivity index (χ2v) is 8.50. The summed E-state index contributed by atoms with van der Waals surface area (Å²) in [7, 11) is 0. The zero-order valence-corrected chi connectivity index (χ0v) is 19.6. The summed E-state index contributed by atoms with van der Waals surface area (Å²) in [6, 6.07) is 21.7. The Morgan fingerprint density at radius 2 is 1.77 bits per heavy atom. The van der Waals surface area contributed by atoms with Gasteiger partial charge in [-0.1, -0.05) is 62.2 Å². The molecule has 35 heavy (non-hydrogen) atoms. The van der Waals surface area contributed by atoms with Gasteiger partial charge in [0.05, 0.1) is 17.9 Å². The molecule has 5 aromatic rings. The number of benzene rings is 2. The molecule has 0 unspecified atom stereocenters. The van der Waals surface area contributed by atoms with Gasteiger partial charge in [-0.05, 0) is 53.1 Å². The highest BCUT2D eigenvalue weighted by atomic mass is 16.1. The minimum absolute atomic E-state index is 0.0170. The first-order valence-corrected chi connectivity index (χ1v) is 11.9. The molecule has 0 radical (unpaired) electrons. The molecule has 3 heterocycles. The summed E-state index contributed by atoms with van der Waals surface area (Å²) >= 11 is 0. The number of aryl methyl sites for hydroxylation is 1. The zero-order chi connectivity index (χ0) is 24.0. The Hall–Kier alpha value is -4.33. The summed E-state index contributed by atoms with van der Waals surface area (Å²) in [5.74, 6) is 0.572. The van der Waals surface area contributed by atoms with Crippen molar-refractivity contribution in [3.63, 3.8) is 0 Å². The minimum Gasteiger partial charge on any atom is -0.292 e. The smallest absolute Gasteiger partial charge is 0.292 e. The lowest BCUT2D eigenvalue weighted by Crippen LogP contribution is -2.24. The van der Waals surface area contributed by atoms with Crippen molar-refractivity contribution < 1.29 is 0 Å². The number of H-pyrrole nitrogens is 1. The number of hydrogen-bond donors (Lipinski definition) is 1. The van der Waals surface area contributed by atoms with Crippen LogP contribution in [-0.2, 0) is 13.0 Å². The predicted molar refractivity (Wildman–Crippen MR) is 135 cm³/mol. The lowest BCUT2D eigenvalue weighted by atomic mass is 10.0. The average molecular weight is 466 g/mol. The average Bonchev–Trinajstić information content (AvgIpc) is 3.55. The van der Waals surface area contributed by atoms with E-state index in [1.165, 1.54) is 0 Å². The third kappa shape index (κ3) is 4.82. The molecule has 3 aromatic heterocycles. The number of rotatable bonds is 9. The Morgan fingerprint density at radius 1 is 0.943 bits per heavy atom. The minimum atomic E-state index is -0.0170. The molecule has 8 nitrogen and oxygen atoms in total. The molecule has 0 aliphatic carbocycles. The summed E-state index contributed by atoms with van der Waals surface area (Å²) < 4.78 is 3.64. The summed E-state index contributed by atoms with van der Waals surface area (Å²) in [6.45, 7) is 2.71. The van der Waals surface area contributed by atoms with E-state index in [9.17, 15) is 4.79 Å². The molecule has 0 bridgehead atoms. The first-order valence-electron chi connectivity index (χ1n) is 11.9. The maximum atomic E-state index is 13.4. The maximum Gasteiger partial charge on any atom is 0.333 e. The Balaban J connectivity index is 1.45. The number of imidazole rings is 1. The highest BCUT2D eigenvalue weighted by molar-refractivity contribution is 5.76. The summed E-state index contributed by atoms with van der Waals surface area (Å²) in [5.41, 5.74) is 5.56. The third-order valence-electron chi connectivity index (χ3n) is 6.11. The standard InChI is InChI=1S/C27H27N7O/c1-2-3-5-11-23-19-34(22-9-6-4-7-10-22)27(35)33(23)18-20-13-15-21(16-14-20)25-24(12-8-17-28-25)26-29-31-32-30-26/h4,6-10,12-17,19H,2-3,5,11,18H2,1H3,(H,29,30,31,32). The number of tetrazole rings is 1. The van der Waals surface area contributed by atoms with Gasteiger partial charge in [0.15, 0.2) is 5.82 Å². The largest absolute Gasteiger partial charge is 0.333 e. The molecule has 5 rings (SSSR count). The van der Waals surface area contributed by atoms with E-state index in [-0.39, 0.29) is 5.69 Å². The molecule has 176 valence electrons. The second kappa shape index (κ2) is 10.3. The number of nitrogens with one attached hydrogen (secondary N) is 1. The lowest BCUT2D eigenvalue weighted by Gasteiger charge is -2.09. The number of hydrogen-bond acceptors (Lipinski definition) is 5. The summed E-state index contributed by atoms with van der Waals surface area (Å²) in [6.07, 6.45) is 7.98. The number of unbranched alkanes of at least 4 members (excludes halogenated alkanes) is 2. The summed E-state index contributed by atoms with van der Waals surface area (Å²) in [4.78, 5) is 17.9. The molecule has 0 aliphatic heterocycles. The Kier molecular flexibility index (Phi) is 6.61. The van der Waals surface area contributed by atoms with Gasteiger partial charge in [0, 0.05) is 29.2 Å². The molecule has 0 aliphatic rings. The normalized spacial score (nSPS) is 11.1. The Bertz CT molecular complexity index is 1440. The van der Waals surface area contributed by atoms with E-state index in [1.54, 1.807) is 10.8 Å². The van der Waals surface area contributed by atoms with Gasteiger partial charge in [-0.15, -0.1) is 5.10 Å². The first kappa shape index (κ1) is 22.5. The molecule has 0 saturated carbocycles. The van der Waals surface area contributed by atoms with Crippen LogP contribution in [0.1, 0.15) is 37.4 Å². The van der Waals surface area contributed by atoms with E-state index in [0.29, 0.717) is 12.4 Å². The van der Waals surface area contributed by atoms with Crippen molar-refractivity contribution in [3.05, 3.63) is 101 Å². The fourth-order valence-electron chi connectivity index (χ4n) is 4.28. The zero-order valence-electron chi connectivity index (χ0n) is 19.6. The van der Waals surface area contributed by atoms with E-state index in [1.807, 2.05) is 65.4 Å². The number of aromatic amines is 1. The lowest BCUT2D eigenvalue weighted by molar-refractivity contribution is 0.653. The molecule has 0 amide bonds. The molecule has 2 aromatic carbocycles. The van der Waals surface area contributed by atoms with Crippen LogP contribution >= 0.6 is 0 Å². The monoisotopic (exact) mass is 465 g/mol. The van der Waals surface area contributed by atoms with Crippen LogP contribution in [0.25, 0.3) is 28.3 Å². The van der Waals surface area contributed by atoms with Crippen molar-refractivity contribution in [1.29, 1.82) is 0 Å². The van der Waals surface area contributed by atoms with Gasteiger partial charge in [-0.3, -0.25) is 14.1 Å². The first-order chi connectivity index (χ1) is 17.2. The van der Waals surface area contributed by atoms with Gasteiger partial charge in [0.2, 0.25) is 0 Å². The van der Waals surface area contributed by atoms with Crippen molar-refractivity contribution in [2.75, 3.05) is 0 Å². The van der Waals surface area contributed by atoms with Gasteiger partial charge in [-0.25, -0.2) is 9.89 Å². The Labute approximate surface area is 203 Å². The van der Waals surface area contributed by atoms with Gasteiger partial charge in [0.1, 0.15) is 0 Å². The number of pyridine rings is 1. The number of aromatic nitrogens is 7. The molecular formula is C27H27N7O. The van der Waals surface area contributed by atoms with Crippen molar-refractivity contribution in [2.45, 2.75) is 39.2 Å². The van der Waals surface area contributed by atoms with E-state index in [2.05, 4.69) is 44.7 Å². The van der Waals surface area contributed by atoms with Crippen LogP contribution < -0.4 is 5.69 Å². The second-order valence-electron chi connectivity index (χ2n) is 8.50. The van der Waals surface area contributed by atoms with Gasteiger partial charge in [-0.2, -0.15) is 0 Å². The van der Waals surface area contributed by atoms with Crippen LogP contribution in [0.2, 0.25) is 0 Å². The van der Waals surface area contributed by atoms with Crippen molar-refractivity contribution >= 4 is 0 Å². The molecule has 1 N–H and O–H groups in total. The van der Waals surface area contributed by atoms with Gasteiger partial charge >= 0.3 is 5.69 Å². The van der Waals surface area contributed by atoms with Crippen molar-refractivity contribution in [1.82, 2.24) is 34.7 Å². The molecule has 0 atom stereocenters. The van der Waals surface area contributed by atoms with Crippen LogP contribution in [0.5, 0.6) is 0 Å². The highest BCUT2D eigenvalue weighted by Gasteiger charge is 2.14. The van der Waals surface area contributed by atoms with E-state index >= 15 is 0 Å². The van der Waals surface area contributed by atoms with Crippen LogP contribution in [0.15, 0.2) is 83.9 Å². The third-order valence-corrected chi connectivity index (χ3v) is 6.11. The number of nitrogens with zero attached hydrogens (tertiary/aromatic N) is 6. The van der Waals surface area contributed by atoms with Gasteiger partial charge in [0.25, 0.3) is 0 Å². The van der Waals surface area contributed by atoms with Gasteiger partial charge < -0.3 is 0 Å². The SMILES string of the molecule is CCCCCc1cn(-c2ccccc2)c(=O)n1Cc1ccc(-c2ncccc2-c2nnn[nH]2)cc1. The van der Waals surface area contributed by atoms with E-state index in [4.69, 9.17) is 0 Å². The van der Waals surface area contributed by atoms with E-state index in [0.717, 1.165) is 59.4 Å². The Morgan fingerprint density at radius 3 is 2.51 bits per heavy atom. The van der Waals surface area contributed by atoms with Crippen LogP contribution in [0.4, 0.5) is 0 Å². The molecule has 0 spiro atoms. The molecule has 0 fully saturated rings. The van der Waals surface area contributed by atoms with E-state index < -0.39 is 0 Å². The predicted octanol–water partition coefficient (Wildman–Crippen LogP) is 4.66. The fourth-order valence-corrected chi connectivity index (χ4v) is 4.28.